The minimum atomic E-state index is -2.13. The van der Waals surface area contributed by atoms with Crippen molar-refractivity contribution in [3.8, 4) is 5.75 Å². The number of hydrogen-bond donors (Lipinski definition) is 18. The molecular weight excluding hydrogens is 1420 g/mol. The van der Waals surface area contributed by atoms with Crippen LogP contribution in [0.3, 0.4) is 0 Å². The molecule has 12 amide bonds. The molecule has 4 aromatic carbocycles. The summed E-state index contributed by atoms with van der Waals surface area (Å²) in [6.45, 7) is 15.5. The summed E-state index contributed by atoms with van der Waals surface area (Å²) in [4.78, 5) is 229. The van der Waals surface area contributed by atoms with E-state index in [0.717, 1.165) is 6.92 Å². The Morgan fingerprint density at radius 2 is 0.725 bits per heavy atom. The summed E-state index contributed by atoms with van der Waals surface area (Å²) < 4.78 is 0. The molecule has 0 aliphatic heterocycles. The number of phenolic OH excluding ortho intramolecular Hbond substituents is 1. The van der Waals surface area contributed by atoms with Crippen LogP contribution in [0.5, 0.6) is 5.75 Å². The van der Waals surface area contributed by atoms with E-state index in [0.29, 0.717) is 27.5 Å². The number of amides is 12. The molecule has 0 unspecified atom stereocenters. The van der Waals surface area contributed by atoms with Gasteiger partial charge in [-0.15, -0.1) is 0 Å². The van der Waals surface area contributed by atoms with Crippen LogP contribution in [0.1, 0.15) is 131 Å². The lowest BCUT2D eigenvalue weighted by molar-refractivity contribution is -0.142. The van der Waals surface area contributed by atoms with Crippen LogP contribution in [0.4, 0.5) is 0 Å². The Hall–Kier alpha value is -11.9. The van der Waals surface area contributed by atoms with Gasteiger partial charge in [0.15, 0.2) is 5.78 Å². The Morgan fingerprint density at radius 1 is 0.367 bits per heavy atom. The summed E-state index contributed by atoms with van der Waals surface area (Å²) in [7, 11) is 0. The minimum absolute atomic E-state index is 0.189. The largest absolute Gasteiger partial charge is 0.508 e. The monoisotopic (exact) mass is 1520 g/mol. The number of aliphatic carboxylic acids is 4. The highest BCUT2D eigenvalue weighted by atomic mass is 16.4. The van der Waals surface area contributed by atoms with Gasteiger partial charge in [-0.25, -0.2) is 0 Å². The first kappa shape index (κ1) is 89.5. The van der Waals surface area contributed by atoms with Crippen molar-refractivity contribution in [1.29, 1.82) is 0 Å². The van der Waals surface area contributed by atoms with Gasteiger partial charge in [0.1, 0.15) is 66.2 Å². The number of hydrogen-bond acceptors (Lipinski definition) is 19. The fourth-order valence-corrected chi connectivity index (χ4v) is 11.2. The van der Waals surface area contributed by atoms with Crippen LogP contribution in [-0.2, 0) is 101 Å². The molecule has 0 aromatic heterocycles. The summed E-state index contributed by atoms with van der Waals surface area (Å²) >= 11 is 0. The Kier molecular flexibility index (Phi) is 34.8. The first-order chi connectivity index (χ1) is 51.0. The zero-order valence-corrected chi connectivity index (χ0v) is 62.1. The van der Waals surface area contributed by atoms with E-state index in [1.54, 1.807) is 121 Å². The molecule has 0 heterocycles. The Morgan fingerprint density at radius 3 is 1.18 bits per heavy atom. The van der Waals surface area contributed by atoms with Gasteiger partial charge in [0.05, 0.1) is 31.3 Å². The normalized spacial score (nSPS) is 14.6. The lowest BCUT2D eigenvalue weighted by Crippen LogP contribution is -2.61. The maximum absolute atomic E-state index is 14.7. The molecule has 19 N–H and O–H groups in total. The fourth-order valence-electron chi connectivity index (χ4n) is 11.2. The van der Waals surface area contributed by atoms with Crippen molar-refractivity contribution in [2.45, 2.75) is 212 Å². The highest BCUT2D eigenvalue weighted by molar-refractivity contribution is 6.02. The van der Waals surface area contributed by atoms with E-state index in [1.807, 2.05) is 0 Å². The molecule has 35 nitrogen and oxygen atoms in total. The third kappa shape index (κ3) is 30.5. The number of fused-ring (bicyclic) bond motifs is 1. The van der Waals surface area contributed by atoms with Crippen molar-refractivity contribution in [3.63, 3.8) is 0 Å². The summed E-state index contributed by atoms with van der Waals surface area (Å²) in [6.07, 6.45) is -6.93. The molecule has 4 aromatic rings. The number of benzene rings is 4. The molecule has 592 valence electrons. The average molecular weight is 1520 g/mol. The number of rotatable bonds is 44. The van der Waals surface area contributed by atoms with E-state index >= 15 is 0 Å². The highest BCUT2D eigenvalue weighted by Gasteiger charge is 2.40. The van der Waals surface area contributed by atoms with Crippen LogP contribution in [0.2, 0.25) is 0 Å². The number of nitrogens with one attached hydrogen (secondary N) is 12. The van der Waals surface area contributed by atoms with Crippen molar-refractivity contribution in [2.75, 3.05) is 0 Å². The van der Waals surface area contributed by atoms with Gasteiger partial charge in [-0.3, -0.25) is 81.5 Å². The molecule has 0 radical (unpaired) electrons. The number of phenols is 1. The Bertz CT molecular complexity index is 3950. The molecule has 12 atom stereocenters. The maximum atomic E-state index is 14.7. The van der Waals surface area contributed by atoms with E-state index in [9.17, 15) is 107 Å². The van der Waals surface area contributed by atoms with Gasteiger partial charge in [-0.1, -0.05) is 133 Å². The van der Waals surface area contributed by atoms with Crippen molar-refractivity contribution < 1.29 is 107 Å². The summed E-state index contributed by atoms with van der Waals surface area (Å²) in [5.74, 6) is -20.6. The SMILES string of the molecule is CC(C)N[C@H](C)C(=O)N[C@@H](CC(N)=O)C(=O)N[C@@H](CCC(=O)O)C(=O)N[C@@H](Cc1cccc2ccccc12)C(=O)N[C@H](C)C(=O)N[C@@H](C)C(=O)N[C@@H](CCC(=O)O)C(=O)N[C@@H](CC(=O)O)C(=O)N[C@@H](Cc1ccccc1)C(=O)N[C@@H](Cc1ccc(O)cc1)C(=O)N[C@@H](CC(=O)O)C(=O)N[C@H](C(=O)C(C)C)C(C)(C)C. The highest BCUT2D eigenvalue weighted by Crippen LogP contribution is 2.24. The van der Waals surface area contributed by atoms with E-state index in [2.05, 4.69) is 63.8 Å². The van der Waals surface area contributed by atoms with Gasteiger partial charge in [0, 0.05) is 44.1 Å². The molecule has 0 aliphatic carbocycles. The average Bonchev–Trinajstić information content (AvgIpc) is 0.765. The summed E-state index contributed by atoms with van der Waals surface area (Å²) in [6, 6.07) is 5.29. The van der Waals surface area contributed by atoms with Crippen LogP contribution in [0, 0.1) is 11.3 Å². The van der Waals surface area contributed by atoms with Crippen LogP contribution in [0.15, 0.2) is 97.1 Å². The van der Waals surface area contributed by atoms with Crippen molar-refractivity contribution in [3.05, 3.63) is 114 Å². The zero-order chi connectivity index (χ0) is 81.7. The van der Waals surface area contributed by atoms with Crippen LogP contribution in [0.25, 0.3) is 10.8 Å². The molecule has 0 saturated carbocycles. The fraction of sp³-hybridized carbons (Fsp3) is 0.473. The van der Waals surface area contributed by atoms with Gasteiger partial charge in [0.25, 0.3) is 0 Å². The molecular formula is C74H99N13O22. The number of nitrogens with two attached hydrogens (primary N) is 1. The number of carboxylic acids is 4. The first-order valence-electron chi connectivity index (χ1n) is 35.1. The van der Waals surface area contributed by atoms with Crippen LogP contribution < -0.4 is 69.5 Å². The zero-order valence-electron chi connectivity index (χ0n) is 62.1. The number of carbonyl (C=O) groups is 17. The smallest absolute Gasteiger partial charge is 0.305 e. The van der Waals surface area contributed by atoms with Gasteiger partial charge < -0.3 is 95.1 Å². The third-order valence-corrected chi connectivity index (χ3v) is 17.0. The number of carboxylic acid groups (broad SMARTS) is 4. The minimum Gasteiger partial charge on any atom is -0.508 e. The summed E-state index contributed by atoms with van der Waals surface area (Å²) in [5, 5.41) is 80.1. The van der Waals surface area contributed by atoms with E-state index in [4.69, 9.17) is 5.73 Å². The van der Waals surface area contributed by atoms with Gasteiger partial charge in [-0.2, -0.15) is 0 Å². The molecule has 0 fully saturated rings. The Balaban J connectivity index is 1.61. The number of aromatic hydroxyl groups is 1. The molecule has 0 bridgehead atoms. The molecule has 0 saturated heterocycles. The topological polar surface area (TPSA) is 562 Å². The quantitative estimate of drug-likeness (QED) is 0.0257. The number of carbonyl (C=O) groups excluding carboxylic acids is 13. The number of ketones is 1. The first-order valence-corrected chi connectivity index (χ1v) is 35.1. The predicted octanol–water partition coefficient (Wildman–Crippen LogP) is -0.842. The van der Waals surface area contributed by atoms with E-state index < -0.39 is 242 Å². The third-order valence-electron chi connectivity index (χ3n) is 17.0. The predicted molar refractivity (Wildman–Crippen MR) is 391 cm³/mol. The van der Waals surface area contributed by atoms with Crippen molar-refractivity contribution in [1.82, 2.24) is 63.8 Å². The second-order valence-electron chi connectivity index (χ2n) is 28.0. The van der Waals surface area contributed by atoms with Gasteiger partial charge in [0.2, 0.25) is 70.9 Å². The standard InChI is InChI=1S/C74H99N13O22/c1-37(2)61(98)62(74(8,9)10)87-73(109)55(36-60(96)97)86-70(106)51(32-43-23-25-46(88)26-24-43)82-69(105)50(31-42-17-12-11-13-18-42)83-72(108)54(35-59(94)95)85-66(102)48(27-29-57(90)91)79-65(101)41(7)77-63(99)40(6)78-68(104)52(33-45-21-16-20-44-19-14-15-22-47(44)45)84-67(103)49(28-30-58(92)93)80-71(107)53(34-56(75)89)81-64(100)39(5)76-38(3)4/h11-26,37-41,48-55,62,76,88H,27-36H2,1-10H3,(H2,75,89)(H,77,99)(H,78,104)(H,79,101)(H,80,107)(H,81,100)(H,82,105)(H,83,108)(H,84,103)(H,85,102)(H,86,106)(H,87,109)(H,90,91)(H,92,93)(H,94,95)(H,96,97)/t39-,40-,41+,48+,49+,50+,51+,52+,53+,54+,55+,62-/m1/s1. The van der Waals surface area contributed by atoms with Crippen LogP contribution in [-0.4, -0.2) is 205 Å². The van der Waals surface area contributed by atoms with Crippen LogP contribution >= 0.6 is 0 Å². The molecule has 0 spiro atoms. The van der Waals surface area contributed by atoms with Gasteiger partial charge >= 0.3 is 23.9 Å². The second-order valence-corrected chi connectivity index (χ2v) is 28.0. The summed E-state index contributed by atoms with van der Waals surface area (Å²) in [5.41, 5.74) is 5.67. The maximum Gasteiger partial charge on any atom is 0.305 e. The molecule has 35 heteroatoms. The molecule has 0 aliphatic rings. The van der Waals surface area contributed by atoms with Crippen molar-refractivity contribution in [2.24, 2.45) is 17.1 Å². The van der Waals surface area contributed by atoms with Crippen molar-refractivity contribution >= 4 is 111 Å². The van der Waals surface area contributed by atoms with Gasteiger partial charge in [-0.05, 0) is 78.6 Å². The number of primary amides is 1. The number of Topliss-reactive ketones (excluding diaryl/α,β-unsaturated/α-hetero) is 1. The Labute approximate surface area is 628 Å². The lowest BCUT2D eigenvalue weighted by Gasteiger charge is -2.33. The van der Waals surface area contributed by atoms with E-state index in [1.165, 1.54) is 38.1 Å². The molecule has 109 heavy (non-hydrogen) atoms. The molecule has 4 rings (SSSR count). The second kappa shape index (κ2) is 42.4. The van der Waals surface area contributed by atoms with E-state index in [-0.39, 0.29) is 18.2 Å². The lowest BCUT2D eigenvalue weighted by atomic mass is 9.81.